The minimum Gasteiger partial charge on any atom is -0.396 e. The Morgan fingerprint density at radius 3 is 1.19 bits per heavy atom. The monoisotopic (exact) mass is 667 g/mol. The zero-order valence-corrected chi connectivity index (χ0v) is 31.5. The van der Waals surface area contributed by atoms with Crippen LogP contribution in [0.4, 0.5) is 0 Å². The Balaban J connectivity index is 3.75. The van der Waals surface area contributed by atoms with Crippen LogP contribution in [0.15, 0.2) is 12.2 Å². The molecule has 0 bridgehead atoms. The van der Waals surface area contributed by atoms with Gasteiger partial charge in [-0.15, -0.1) is 0 Å². The number of unbranched alkanes of at least 4 members (excludes halogenated alkanes) is 27. The van der Waals surface area contributed by atoms with Crippen LogP contribution in [0, 0.1) is 5.92 Å². The third kappa shape index (κ3) is 29.9. The zero-order valence-electron chi connectivity index (χ0n) is 31.5. The predicted molar refractivity (Wildman–Crippen MR) is 202 cm³/mol. The lowest BCUT2D eigenvalue weighted by molar-refractivity contribution is -0.141. The van der Waals surface area contributed by atoms with Gasteiger partial charge in [-0.3, -0.25) is 4.79 Å². The number of allylic oxidation sites excluding steroid dienone is 2. The minimum absolute atomic E-state index is 0.348. The van der Waals surface area contributed by atoms with Crippen LogP contribution in [0.1, 0.15) is 219 Å². The second kappa shape index (κ2) is 36.5. The van der Waals surface area contributed by atoms with Crippen LogP contribution in [-0.2, 0) is 4.79 Å². The highest BCUT2D eigenvalue weighted by Crippen LogP contribution is 2.19. The molecule has 47 heavy (non-hydrogen) atoms. The minimum atomic E-state index is -1.35. The van der Waals surface area contributed by atoms with E-state index in [4.69, 9.17) is 0 Å². The van der Waals surface area contributed by atoms with Gasteiger partial charge in [-0.25, -0.2) is 0 Å². The summed E-state index contributed by atoms with van der Waals surface area (Å²) < 4.78 is 0. The Hall–Kier alpha value is -0.750. The predicted octanol–water partition coefficient (Wildman–Crippen LogP) is 11.3. The summed E-state index contributed by atoms with van der Waals surface area (Å²) >= 11 is 0. The molecule has 0 fully saturated rings. The number of carbonyl (C=O) groups excluding carboxylic acids is 1. The Labute approximate surface area is 292 Å². The number of hydrogen-bond acceptors (Lipinski definition) is 5. The fraction of sp³-hybridized carbons (Fsp3) is 0.929. The summed E-state index contributed by atoms with van der Waals surface area (Å²) in [7, 11) is 0. The van der Waals surface area contributed by atoms with Gasteiger partial charge in [0.05, 0.1) is 24.7 Å². The number of ketones is 1. The van der Waals surface area contributed by atoms with E-state index in [0.29, 0.717) is 19.3 Å². The standard InChI is InChI=1S/C42H82O5/c1-3-5-7-9-11-13-15-17-18-19-20-21-22-23-24-26-28-30-32-34-36-40(45)42(47)38(37-43)41(46)39(44)35-33-31-29-27-25-16-14-12-10-8-6-4-2/h27,29,38-41,43-46H,3-26,28,30-37H2,1-2H3. The van der Waals surface area contributed by atoms with Crippen LogP contribution < -0.4 is 0 Å². The van der Waals surface area contributed by atoms with Gasteiger partial charge in [0.2, 0.25) is 0 Å². The van der Waals surface area contributed by atoms with E-state index >= 15 is 0 Å². The van der Waals surface area contributed by atoms with Crippen LogP contribution in [0.3, 0.4) is 0 Å². The molecule has 0 aromatic carbocycles. The average Bonchev–Trinajstić information content (AvgIpc) is 3.07. The van der Waals surface area contributed by atoms with Gasteiger partial charge in [0, 0.05) is 0 Å². The summed E-state index contributed by atoms with van der Waals surface area (Å²) in [5, 5.41) is 41.2. The molecule has 0 aromatic heterocycles. The second-order valence-corrected chi connectivity index (χ2v) is 14.6. The van der Waals surface area contributed by atoms with Gasteiger partial charge in [-0.2, -0.15) is 0 Å². The maximum Gasteiger partial charge on any atom is 0.169 e. The van der Waals surface area contributed by atoms with Crippen molar-refractivity contribution in [2.24, 2.45) is 5.92 Å². The van der Waals surface area contributed by atoms with E-state index in [2.05, 4.69) is 26.0 Å². The first-order valence-electron chi connectivity index (χ1n) is 20.8. The van der Waals surface area contributed by atoms with Crippen molar-refractivity contribution in [2.45, 2.75) is 238 Å². The Bertz CT molecular complexity index is 665. The first kappa shape index (κ1) is 46.2. The number of aliphatic hydroxyl groups excluding tert-OH is 4. The molecule has 0 aromatic rings. The normalized spacial score (nSPS) is 14.5. The summed E-state index contributed by atoms with van der Waals surface area (Å²) in [5.41, 5.74) is 0. The van der Waals surface area contributed by atoms with E-state index in [1.54, 1.807) is 0 Å². The van der Waals surface area contributed by atoms with E-state index in [9.17, 15) is 25.2 Å². The largest absolute Gasteiger partial charge is 0.396 e. The van der Waals surface area contributed by atoms with Gasteiger partial charge in [-0.05, 0) is 38.5 Å². The van der Waals surface area contributed by atoms with Crippen molar-refractivity contribution >= 4 is 5.78 Å². The molecule has 0 aliphatic carbocycles. The molecule has 0 amide bonds. The van der Waals surface area contributed by atoms with E-state index in [-0.39, 0.29) is 0 Å². The molecule has 0 saturated carbocycles. The Morgan fingerprint density at radius 2 is 0.809 bits per heavy atom. The topological polar surface area (TPSA) is 98.0 Å². The number of hydrogen-bond donors (Lipinski definition) is 4. The van der Waals surface area contributed by atoms with Gasteiger partial charge in [0.25, 0.3) is 0 Å². The molecule has 0 aliphatic heterocycles. The molecular formula is C42H82O5. The zero-order chi connectivity index (χ0) is 34.6. The molecule has 280 valence electrons. The molecule has 0 spiro atoms. The molecule has 0 aliphatic rings. The fourth-order valence-electron chi connectivity index (χ4n) is 6.69. The van der Waals surface area contributed by atoms with Crippen LogP contribution in [0.5, 0.6) is 0 Å². The van der Waals surface area contributed by atoms with E-state index < -0.39 is 36.6 Å². The Morgan fingerprint density at radius 1 is 0.468 bits per heavy atom. The maximum absolute atomic E-state index is 12.7. The molecule has 0 rings (SSSR count). The highest BCUT2D eigenvalue weighted by atomic mass is 16.3. The van der Waals surface area contributed by atoms with Crippen molar-refractivity contribution in [2.75, 3.05) is 6.61 Å². The van der Waals surface area contributed by atoms with Gasteiger partial charge in [0.15, 0.2) is 5.78 Å². The van der Waals surface area contributed by atoms with Gasteiger partial charge in [0.1, 0.15) is 6.10 Å². The van der Waals surface area contributed by atoms with Crippen molar-refractivity contribution in [3.8, 4) is 0 Å². The molecule has 5 heteroatoms. The molecule has 4 atom stereocenters. The van der Waals surface area contributed by atoms with Crippen molar-refractivity contribution < 1.29 is 25.2 Å². The summed E-state index contributed by atoms with van der Waals surface area (Å²) in [6.45, 7) is 3.96. The molecule has 0 heterocycles. The van der Waals surface area contributed by atoms with E-state index in [1.165, 1.54) is 154 Å². The molecule has 5 nitrogen and oxygen atoms in total. The first-order valence-corrected chi connectivity index (χ1v) is 20.8. The van der Waals surface area contributed by atoms with Gasteiger partial charge in [-0.1, -0.05) is 193 Å². The smallest absolute Gasteiger partial charge is 0.169 e. The van der Waals surface area contributed by atoms with Crippen LogP contribution in [0.25, 0.3) is 0 Å². The first-order chi connectivity index (χ1) is 23.0. The van der Waals surface area contributed by atoms with Gasteiger partial charge >= 0.3 is 0 Å². The molecular weight excluding hydrogens is 584 g/mol. The SMILES string of the molecule is CCCCCCCCCC=CCCCC(O)C(O)C(CO)C(=O)C(O)CCCCCCCCCCCCCCCCCCCCCC. The molecule has 4 unspecified atom stereocenters. The highest BCUT2D eigenvalue weighted by molar-refractivity contribution is 5.85. The summed E-state index contributed by atoms with van der Waals surface area (Å²) in [6.07, 6.45) is 39.3. The van der Waals surface area contributed by atoms with Crippen LogP contribution in [-0.4, -0.2) is 51.1 Å². The lowest BCUT2D eigenvalue weighted by atomic mass is 9.88. The number of Topliss-reactive ketones (excluding diaryl/α,β-unsaturated/α-hetero) is 1. The lowest BCUT2D eigenvalue weighted by Gasteiger charge is -2.26. The van der Waals surface area contributed by atoms with Crippen molar-refractivity contribution in [3.05, 3.63) is 12.2 Å². The van der Waals surface area contributed by atoms with E-state index in [0.717, 1.165) is 32.1 Å². The number of carbonyl (C=O) groups is 1. The fourth-order valence-corrected chi connectivity index (χ4v) is 6.69. The second-order valence-electron chi connectivity index (χ2n) is 14.6. The molecule has 0 saturated heterocycles. The maximum atomic E-state index is 12.7. The quantitative estimate of drug-likeness (QED) is 0.0388. The molecule has 0 radical (unpaired) electrons. The van der Waals surface area contributed by atoms with Gasteiger partial charge < -0.3 is 20.4 Å². The van der Waals surface area contributed by atoms with Crippen LogP contribution in [0.2, 0.25) is 0 Å². The summed E-state index contributed by atoms with van der Waals surface area (Å²) in [5.74, 6) is -1.69. The Kier molecular flexibility index (Phi) is 35.9. The van der Waals surface area contributed by atoms with Crippen molar-refractivity contribution in [1.29, 1.82) is 0 Å². The average molecular weight is 667 g/mol. The number of aliphatic hydroxyl groups is 4. The molecule has 4 N–H and O–H groups in total. The summed E-state index contributed by atoms with van der Waals surface area (Å²) in [4.78, 5) is 12.7. The van der Waals surface area contributed by atoms with Crippen LogP contribution >= 0.6 is 0 Å². The third-order valence-corrected chi connectivity index (χ3v) is 10.0. The van der Waals surface area contributed by atoms with E-state index in [1.807, 2.05) is 0 Å². The summed E-state index contributed by atoms with van der Waals surface area (Å²) in [6, 6.07) is 0. The van der Waals surface area contributed by atoms with Crippen molar-refractivity contribution in [1.82, 2.24) is 0 Å². The highest BCUT2D eigenvalue weighted by Gasteiger charge is 2.34. The van der Waals surface area contributed by atoms with Crippen molar-refractivity contribution in [3.63, 3.8) is 0 Å². The third-order valence-electron chi connectivity index (χ3n) is 10.0. The lowest BCUT2D eigenvalue weighted by Crippen LogP contribution is -2.43. The number of rotatable bonds is 38.